The maximum atomic E-state index is 9.66. The summed E-state index contributed by atoms with van der Waals surface area (Å²) in [6, 6.07) is 7.66. The van der Waals surface area contributed by atoms with Gasteiger partial charge in [-0.15, -0.1) is 0 Å². The molecule has 72 valence electrons. The zero-order valence-electron chi connectivity index (χ0n) is 8.12. The number of aliphatic hydroxyl groups is 2. The van der Waals surface area contributed by atoms with Gasteiger partial charge in [0.15, 0.2) is 0 Å². The van der Waals surface area contributed by atoms with Crippen LogP contribution in [0.25, 0.3) is 0 Å². The summed E-state index contributed by atoms with van der Waals surface area (Å²) in [7, 11) is 0. The quantitative estimate of drug-likeness (QED) is 0.739. The summed E-state index contributed by atoms with van der Waals surface area (Å²) in [5, 5.41) is 18.4. The van der Waals surface area contributed by atoms with Crippen LogP contribution in [0.5, 0.6) is 0 Å². The average Bonchev–Trinajstić information content (AvgIpc) is 2.04. The first kappa shape index (κ1) is 10.2. The van der Waals surface area contributed by atoms with E-state index in [1.165, 1.54) is 0 Å². The highest BCUT2D eigenvalue weighted by Crippen LogP contribution is 2.19. The fourth-order valence-electron chi connectivity index (χ4n) is 1.21. The van der Waals surface area contributed by atoms with Gasteiger partial charge in [-0.2, -0.15) is 0 Å². The van der Waals surface area contributed by atoms with E-state index in [9.17, 15) is 5.11 Å². The number of benzene rings is 1. The maximum absolute atomic E-state index is 9.66. The van der Waals surface area contributed by atoms with E-state index in [1.807, 2.05) is 24.3 Å². The Hall–Kier alpha value is -0.860. The molecule has 0 aliphatic rings. The standard InChI is InChI=1S/C11H16O2/c1-11(2,13)10-5-3-9(4-6-10)7-8-12/h3-6,12-13H,7-8H2,1-2H3. The summed E-state index contributed by atoms with van der Waals surface area (Å²) in [5.74, 6) is 0. The van der Waals surface area contributed by atoms with E-state index in [2.05, 4.69) is 0 Å². The summed E-state index contributed by atoms with van der Waals surface area (Å²) in [6.07, 6.45) is 0.673. The summed E-state index contributed by atoms with van der Waals surface area (Å²) >= 11 is 0. The first-order valence-electron chi connectivity index (χ1n) is 4.46. The van der Waals surface area contributed by atoms with Gasteiger partial charge in [0.2, 0.25) is 0 Å². The van der Waals surface area contributed by atoms with Gasteiger partial charge in [0, 0.05) is 6.61 Å². The second kappa shape index (κ2) is 3.90. The Morgan fingerprint density at radius 2 is 1.69 bits per heavy atom. The van der Waals surface area contributed by atoms with Crippen molar-refractivity contribution in [1.29, 1.82) is 0 Å². The van der Waals surface area contributed by atoms with Crippen LogP contribution >= 0.6 is 0 Å². The molecule has 1 aromatic carbocycles. The fraction of sp³-hybridized carbons (Fsp3) is 0.455. The molecule has 13 heavy (non-hydrogen) atoms. The Morgan fingerprint density at radius 3 is 2.08 bits per heavy atom. The lowest BCUT2D eigenvalue weighted by Crippen LogP contribution is -2.15. The smallest absolute Gasteiger partial charge is 0.0840 e. The van der Waals surface area contributed by atoms with Crippen LogP contribution in [-0.2, 0) is 12.0 Å². The first-order chi connectivity index (χ1) is 6.04. The van der Waals surface area contributed by atoms with Gasteiger partial charge in [-0.1, -0.05) is 24.3 Å². The van der Waals surface area contributed by atoms with Gasteiger partial charge in [0.25, 0.3) is 0 Å². The number of hydrogen-bond donors (Lipinski definition) is 2. The van der Waals surface area contributed by atoms with Crippen LogP contribution in [0.2, 0.25) is 0 Å². The van der Waals surface area contributed by atoms with Crippen molar-refractivity contribution >= 4 is 0 Å². The lowest BCUT2D eigenvalue weighted by molar-refractivity contribution is 0.0786. The minimum Gasteiger partial charge on any atom is -0.396 e. The highest BCUT2D eigenvalue weighted by atomic mass is 16.3. The van der Waals surface area contributed by atoms with Crippen LogP contribution in [-0.4, -0.2) is 16.8 Å². The van der Waals surface area contributed by atoms with Gasteiger partial charge in [-0.05, 0) is 31.4 Å². The van der Waals surface area contributed by atoms with Crippen molar-refractivity contribution in [3.8, 4) is 0 Å². The molecular weight excluding hydrogens is 164 g/mol. The molecule has 2 nitrogen and oxygen atoms in total. The monoisotopic (exact) mass is 180 g/mol. The molecule has 0 bridgehead atoms. The van der Waals surface area contributed by atoms with Crippen LogP contribution in [0, 0.1) is 0 Å². The summed E-state index contributed by atoms with van der Waals surface area (Å²) in [6.45, 7) is 3.68. The predicted octanol–water partition coefficient (Wildman–Crippen LogP) is 1.45. The maximum Gasteiger partial charge on any atom is 0.0840 e. The van der Waals surface area contributed by atoms with Crippen LogP contribution in [0.3, 0.4) is 0 Å². The van der Waals surface area contributed by atoms with E-state index in [1.54, 1.807) is 13.8 Å². The number of hydrogen-bond acceptors (Lipinski definition) is 2. The molecule has 0 amide bonds. The molecular formula is C11H16O2. The van der Waals surface area contributed by atoms with Gasteiger partial charge in [-0.3, -0.25) is 0 Å². The summed E-state index contributed by atoms with van der Waals surface area (Å²) in [4.78, 5) is 0. The SMILES string of the molecule is CC(C)(O)c1ccc(CCO)cc1. The van der Waals surface area contributed by atoms with Crippen molar-refractivity contribution in [2.45, 2.75) is 25.9 Å². The minimum atomic E-state index is -0.780. The second-order valence-electron chi connectivity index (χ2n) is 3.73. The van der Waals surface area contributed by atoms with E-state index in [4.69, 9.17) is 5.11 Å². The van der Waals surface area contributed by atoms with Gasteiger partial charge in [0.1, 0.15) is 0 Å². The van der Waals surface area contributed by atoms with Crippen LogP contribution in [0.1, 0.15) is 25.0 Å². The van der Waals surface area contributed by atoms with Gasteiger partial charge < -0.3 is 10.2 Å². The molecule has 0 saturated carbocycles. The van der Waals surface area contributed by atoms with E-state index < -0.39 is 5.60 Å². The zero-order chi connectivity index (χ0) is 9.90. The predicted molar refractivity (Wildman–Crippen MR) is 52.5 cm³/mol. The molecule has 0 fully saturated rings. The first-order valence-corrected chi connectivity index (χ1v) is 4.46. The third kappa shape index (κ3) is 2.83. The molecule has 0 heterocycles. The Labute approximate surface area is 78.8 Å². The highest BCUT2D eigenvalue weighted by Gasteiger charge is 2.14. The lowest BCUT2D eigenvalue weighted by Gasteiger charge is -2.17. The normalized spacial score (nSPS) is 11.7. The van der Waals surface area contributed by atoms with Crippen LogP contribution in [0.4, 0.5) is 0 Å². The average molecular weight is 180 g/mol. The topological polar surface area (TPSA) is 40.5 Å². The van der Waals surface area contributed by atoms with E-state index >= 15 is 0 Å². The van der Waals surface area contributed by atoms with Crippen molar-refractivity contribution in [3.05, 3.63) is 35.4 Å². The lowest BCUT2D eigenvalue weighted by atomic mass is 9.97. The van der Waals surface area contributed by atoms with Crippen molar-refractivity contribution in [3.63, 3.8) is 0 Å². The van der Waals surface area contributed by atoms with Crippen molar-refractivity contribution in [2.24, 2.45) is 0 Å². The fourth-order valence-corrected chi connectivity index (χ4v) is 1.21. The van der Waals surface area contributed by atoms with E-state index in [-0.39, 0.29) is 6.61 Å². The minimum absolute atomic E-state index is 0.169. The molecule has 0 atom stereocenters. The third-order valence-electron chi connectivity index (χ3n) is 2.06. The largest absolute Gasteiger partial charge is 0.396 e. The molecule has 0 unspecified atom stereocenters. The van der Waals surface area contributed by atoms with E-state index in [0.29, 0.717) is 6.42 Å². The molecule has 0 radical (unpaired) electrons. The molecule has 1 aromatic rings. The summed E-state index contributed by atoms with van der Waals surface area (Å²) < 4.78 is 0. The van der Waals surface area contributed by atoms with E-state index in [0.717, 1.165) is 11.1 Å². The molecule has 2 N–H and O–H groups in total. The van der Waals surface area contributed by atoms with Crippen molar-refractivity contribution in [1.82, 2.24) is 0 Å². The Kier molecular flexibility index (Phi) is 3.07. The molecule has 0 aromatic heterocycles. The van der Waals surface area contributed by atoms with Crippen LogP contribution < -0.4 is 0 Å². The highest BCUT2D eigenvalue weighted by molar-refractivity contribution is 5.26. The van der Waals surface area contributed by atoms with Gasteiger partial charge in [0.05, 0.1) is 5.60 Å². The Balaban J connectivity index is 2.81. The zero-order valence-corrected chi connectivity index (χ0v) is 8.12. The summed E-state index contributed by atoms with van der Waals surface area (Å²) in [5.41, 5.74) is 1.21. The Bertz CT molecular complexity index is 256. The second-order valence-corrected chi connectivity index (χ2v) is 3.73. The number of rotatable bonds is 3. The van der Waals surface area contributed by atoms with Gasteiger partial charge >= 0.3 is 0 Å². The van der Waals surface area contributed by atoms with Crippen molar-refractivity contribution < 1.29 is 10.2 Å². The number of aliphatic hydroxyl groups excluding tert-OH is 1. The van der Waals surface area contributed by atoms with Crippen molar-refractivity contribution in [2.75, 3.05) is 6.61 Å². The van der Waals surface area contributed by atoms with Crippen LogP contribution in [0.15, 0.2) is 24.3 Å². The molecule has 0 aliphatic carbocycles. The Morgan fingerprint density at radius 1 is 1.15 bits per heavy atom. The molecule has 0 aliphatic heterocycles. The molecule has 1 rings (SSSR count). The molecule has 2 heteroatoms. The molecule has 0 saturated heterocycles. The third-order valence-corrected chi connectivity index (χ3v) is 2.06. The molecule has 0 spiro atoms. The van der Waals surface area contributed by atoms with Gasteiger partial charge in [-0.25, -0.2) is 0 Å².